The number of hydrogen-bond donors (Lipinski definition) is 0. The second-order valence-electron chi connectivity index (χ2n) is 12.1. The molecule has 37 heavy (non-hydrogen) atoms. The van der Waals surface area contributed by atoms with Crippen molar-refractivity contribution in [2.45, 2.75) is 83.8 Å². The molecule has 4 fully saturated rings. The molecule has 2 aromatic rings. The highest BCUT2D eigenvalue weighted by Gasteiger charge is 2.70. The van der Waals surface area contributed by atoms with Crippen LogP contribution in [0.25, 0.3) is 0 Å². The van der Waals surface area contributed by atoms with Gasteiger partial charge in [0.25, 0.3) is 0 Å². The predicted octanol–water partition coefficient (Wildman–Crippen LogP) is 6.15. The predicted molar refractivity (Wildman–Crippen MR) is 140 cm³/mol. The maximum atomic E-state index is 13.7. The van der Waals surface area contributed by atoms with Crippen molar-refractivity contribution in [3.05, 3.63) is 71.8 Å². The number of ether oxygens (including phenoxy) is 4. The molecule has 9 atom stereocenters. The van der Waals surface area contributed by atoms with Crippen molar-refractivity contribution in [2.24, 2.45) is 35.5 Å². The molecule has 5 nitrogen and oxygen atoms in total. The summed E-state index contributed by atoms with van der Waals surface area (Å²) in [6.45, 7) is 7.79. The lowest BCUT2D eigenvalue weighted by molar-refractivity contribution is -0.366. The van der Waals surface area contributed by atoms with Crippen molar-refractivity contribution in [1.82, 2.24) is 0 Å². The van der Waals surface area contributed by atoms with Crippen molar-refractivity contribution in [2.75, 3.05) is 0 Å². The molecule has 1 saturated heterocycles. The number of esters is 1. The lowest BCUT2D eigenvalue weighted by Gasteiger charge is -2.59. The van der Waals surface area contributed by atoms with Gasteiger partial charge in [-0.1, -0.05) is 81.4 Å². The SMILES string of the molecule is CC(C)[C@@H]1CC[C@@H](C)C[C@]12OC(=O)[C@H]1[C@@H](O2)[C@H]2[C@@H]1[C@H](OCc1ccccc1)C[C@@H]2OCc1ccccc1. The van der Waals surface area contributed by atoms with Crippen LogP contribution in [-0.4, -0.2) is 30.1 Å². The van der Waals surface area contributed by atoms with Crippen LogP contribution in [0.15, 0.2) is 60.7 Å². The highest BCUT2D eigenvalue weighted by Crippen LogP contribution is 2.61. The van der Waals surface area contributed by atoms with Gasteiger partial charge in [-0.15, -0.1) is 0 Å². The number of carbonyl (C=O) groups is 1. The van der Waals surface area contributed by atoms with E-state index in [1.54, 1.807) is 0 Å². The van der Waals surface area contributed by atoms with Gasteiger partial charge in [0, 0.05) is 30.6 Å². The Labute approximate surface area is 220 Å². The zero-order chi connectivity index (χ0) is 25.6. The van der Waals surface area contributed by atoms with Gasteiger partial charge in [0.15, 0.2) is 0 Å². The molecular formula is C32H40O5. The van der Waals surface area contributed by atoms with Gasteiger partial charge in [0.05, 0.1) is 37.4 Å². The van der Waals surface area contributed by atoms with E-state index in [2.05, 4.69) is 45.0 Å². The van der Waals surface area contributed by atoms with Gasteiger partial charge in [-0.3, -0.25) is 4.79 Å². The maximum absolute atomic E-state index is 13.7. The summed E-state index contributed by atoms with van der Waals surface area (Å²) in [7, 11) is 0. The Morgan fingerprint density at radius 1 is 0.892 bits per heavy atom. The summed E-state index contributed by atoms with van der Waals surface area (Å²) in [6, 6.07) is 20.5. The monoisotopic (exact) mass is 504 g/mol. The second-order valence-corrected chi connectivity index (χ2v) is 12.1. The standard InChI is InChI=1S/C32H40O5/c1-20(2)24-15-14-21(3)17-32(24)36-30-28-26(35-19-23-12-8-5-9-13-23)16-25(27(28)29(30)31(33)37-32)34-18-22-10-6-4-7-11-22/h4-13,20-21,24-30H,14-19H2,1-3H3/t21-,24+,25-,26+,27+,28-,29-,30+,32+/m1/s1. The minimum atomic E-state index is -0.804. The average Bonchev–Trinajstić information content (AvgIpc) is 3.18. The highest BCUT2D eigenvalue weighted by atomic mass is 16.7. The van der Waals surface area contributed by atoms with Crippen LogP contribution in [0.3, 0.4) is 0 Å². The van der Waals surface area contributed by atoms with E-state index >= 15 is 0 Å². The molecule has 5 heteroatoms. The Bertz CT molecular complexity index is 1070. The third-order valence-corrected chi connectivity index (χ3v) is 9.38. The first-order valence-electron chi connectivity index (χ1n) is 14.2. The summed E-state index contributed by atoms with van der Waals surface area (Å²) in [5.41, 5.74) is 2.30. The van der Waals surface area contributed by atoms with E-state index in [1.807, 2.05) is 36.4 Å². The molecule has 1 heterocycles. The van der Waals surface area contributed by atoms with Crippen molar-refractivity contribution in [1.29, 1.82) is 0 Å². The molecule has 0 radical (unpaired) electrons. The highest BCUT2D eigenvalue weighted by molar-refractivity contribution is 5.76. The third-order valence-electron chi connectivity index (χ3n) is 9.38. The lowest BCUT2D eigenvalue weighted by atomic mass is 9.61. The first-order valence-corrected chi connectivity index (χ1v) is 14.2. The fourth-order valence-corrected chi connectivity index (χ4v) is 7.62. The molecule has 0 unspecified atom stereocenters. The maximum Gasteiger partial charge on any atom is 0.314 e. The Kier molecular flexibility index (Phi) is 6.89. The normalized spacial score (nSPS) is 38.6. The van der Waals surface area contributed by atoms with E-state index in [1.165, 1.54) is 0 Å². The number of rotatable bonds is 7. The minimum absolute atomic E-state index is 0.00584. The van der Waals surface area contributed by atoms with Gasteiger partial charge in [0.2, 0.25) is 5.79 Å². The molecule has 3 aliphatic carbocycles. The lowest BCUT2D eigenvalue weighted by Crippen LogP contribution is -2.69. The second kappa shape index (κ2) is 10.2. The molecule has 3 saturated carbocycles. The Hall–Kier alpha value is -2.21. The van der Waals surface area contributed by atoms with E-state index in [0.29, 0.717) is 25.0 Å². The molecule has 6 rings (SSSR count). The van der Waals surface area contributed by atoms with Gasteiger partial charge in [-0.05, 0) is 35.8 Å². The van der Waals surface area contributed by atoms with E-state index in [4.69, 9.17) is 18.9 Å². The van der Waals surface area contributed by atoms with E-state index in [9.17, 15) is 4.79 Å². The molecule has 0 bridgehead atoms. The number of hydrogen-bond acceptors (Lipinski definition) is 5. The van der Waals surface area contributed by atoms with Crippen LogP contribution in [0.4, 0.5) is 0 Å². The summed E-state index contributed by atoms with van der Waals surface area (Å²) in [5.74, 6) is 0.141. The zero-order valence-corrected chi connectivity index (χ0v) is 22.3. The van der Waals surface area contributed by atoms with Gasteiger partial charge in [-0.25, -0.2) is 0 Å². The van der Waals surface area contributed by atoms with Crippen LogP contribution in [-0.2, 0) is 37.0 Å². The number of benzene rings is 2. The summed E-state index contributed by atoms with van der Waals surface area (Å²) in [6.07, 6.45) is 3.53. The summed E-state index contributed by atoms with van der Waals surface area (Å²) >= 11 is 0. The Morgan fingerprint density at radius 2 is 1.49 bits per heavy atom. The largest absolute Gasteiger partial charge is 0.432 e. The topological polar surface area (TPSA) is 54.0 Å². The van der Waals surface area contributed by atoms with Gasteiger partial charge >= 0.3 is 5.97 Å². The fraction of sp³-hybridized carbons (Fsp3) is 0.594. The van der Waals surface area contributed by atoms with Crippen molar-refractivity contribution in [3.63, 3.8) is 0 Å². The molecule has 0 aromatic heterocycles. The average molecular weight is 505 g/mol. The molecule has 1 spiro atoms. The summed E-state index contributed by atoms with van der Waals surface area (Å²) < 4.78 is 26.3. The summed E-state index contributed by atoms with van der Waals surface area (Å²) in [4.78, 5) is 13.7. The summed E-state index contributed by atoms with van der Waals surface area (Å²) in [5, 5.41) is 0. The zero-order valence-electron chi connectivity index (χ0n) is 22.3. The molecule has 198 valence electrons. The van der Waals surface area contributed by atoms with Crippen molar-refractivity contribution >= 4 is 5.97 Å². The fourth-order valence-electron chi connectivity index (χ4n) is 7.62. The third kappa shape index (κ3) is 4.64. The van der Waals surface area contributed by atoms with Gasteiger partial charge in [-0.2, -0.15) is 0 Å². The number of carbonyl (C=O) groups excluding carboxylic acids is 1. The molecule has 1 aliphatic heterocycles. The van der Waals surface area contributed by atoms with Gasteiger partial charge in [0.1, 0.15) is 0 Å². The van der Waals surface area contributed by atoms with Crippen LogP contribution in [0.2, 0.25) is 0 Å². The van der Waals surface area contributed by atoms with E-state index < -0.39 is 5.79 Å². The smallest absolute Gasteiger partial charge is 0.314 e. The molecular weight excluding hydrogens is 464 g/mol. The van der Waals surface area contributed by atoms with Crippen molar-refractivity contribution in [3.8, 4) is 0 Å². The van der Waals surface area contributed by atoms with Crippen LogP contribution >= 0.6 is 0 Å². The number of fused-ring (bicyclic) bond motifs is 4. The molecule has 2 aromatic carbocycles. The minimum Gasteiger partial charge on any atom is -0.432 e. The van der Waals surface area contributed by atoms with Crippen molar-refractivity contribution < 1.29 is 23.7 Å². The molecule has 4 aliphatic rings. The first-order chi connectivity index (χ1) is 17.9. The van der Waals surface area contributed by atoms with Crippen LogP contribution < -0.4 is 0 Å². The van der Waals surface area contributed by atoms with Crippen LogP contribution in [0.1, 0.15) is 57.6 Å². The first kappa shape index (κ1) is 25.1. The van der Waals surface area contributed by atoms with Crippen LogP contribution in [0, 0.1) is 35.5 Å². The Morgan fingerprint density at radius 3 is 2.08 bits per heavy atom. The van der Waals surface area contributed by atoms with Gasteiger partial charge < -0.3 is 18.9 Å². The van der Waals surface area contributed by atoms with Crippen LogP contribution in [0.5, 0.6) is 0 Å². The Balaban J connectivity index is 1.24. The molecule has 0 N–H and O–H groups in total. The molecule has 0 amide bonds. The quantitative estimate of drug-likeness (QED) is 0.423. The van der Waals surface area contributed by atoms with E-state index in [-0.39, 0.29) is 48.0 Å². The van der Waals surface area contributed by atoms with E-state index in [0.717, 1.165) is 36.8 Å².